The van der Waals surface area contributed by atoms with Gasteiger partial charge in [0.25, 0.3) is 0 Å². The maximum atomic E-state index is 11.1. The van der Waals surface area contributed by atoms with E-state index >= 15 is 0 Å². The number of carbonyl (C=O) groups excluding carboxylic acids is 1. The van der Waals surface area contributed by atoms with Gasteiger partial charge in [0.05, 0.1) is 0 Å². The Morgan fingerprint density at radius 3 is 2.63 bits per heavy atom. The summed E-state index contributed by atoms with van der Waals surface area (Å²) in [6.07, 6.45) is 1.02. The first-order valence-corrected chi connectivity index (χ1v) is 7.48. The van der Waals surface area contributed by atoms with Gasteiger partial charge in [-0.05, 0) is 28.3 Å². The van der Waals surface area contributed by atoms with Crippen molar-refractivity contribution in [3.63, 3.8) is 0 Å². The molecule has 2 nitrogen and oxygen atoms in total. The zero-order valence-corrected chi connectivity index (χ0v) is 12.4. The van der Waals surface area contributed by atoms with Crippen molar-refractivity contribution in [3.8, 4) is 0 Å². The van der Waals surface area contributed by atoms with Crippen molar-refractivity contribution < 1.29 is 4.79 Å². The Morgan fingerprint density at radius 2 is 1.95 bits per heavy atom. The van der Waals surface area contributed by atoms with E-state index in [2.05, 4.69) is 57.6 Å². The number of halogens is 1. The summed E-state index contributed by atoms with van der Waals surface area (Å²) in [7, 11) is 0. The minimum atomic E-state index is 0.0390. The Morgan fingerprint density at radius 1 is 1.26 bits per heavy atom. The van der Waals surface area contributed by atoms with E-state index in [0.717, 1.165) is 6.42 Å². The summed E-state index contributed by atoms with van der Waals surface area (Å²) < 4.78 is 0. The molecule has 1 N–H and O–H groups in total. The van der Waals surface area contributed by atoms with Crippen LogP contribution < -0.4 is 5.32 Å². The standard InChI is InChI=1S/C16H16BrNO/c1-10(19)18-9-12-8-15(17)14-7-3-5-11-4-2-6-13(12)16(11)14/h2-7,12,15H,8-9H2,1H3,(H,18,19). The van der Waals surface area contributed by atoms with Crippen molar-refractivity contribution in [2.75, 3.05) is 6.54 Å². The first-order valence-electron chi connectivity index (χ1n) is 6.57. The second kappa shape index (κ2) is 4.97. The number of hydrogen-bond donors (Lipinski definition) is 1. The van der Waals surface area contributed by atoms with Crippen molar-refractivity contribution in [1.29, 1.82) is 0 Å². The minimum Gasteiger partial charge on any atom is -0.356 e. The average molecular weight is 318 g/mol. The molecule has 0 aromatic heterocycles. The predicted octanol–water partition coefficient (Wildman–Crippen LogP) is 3.90. The molecule has 3 rings (SSSR count). The third-order valence-corrected chi connectivity index (χ3v) is 4.70. The largest absolute Gasteiger partial charge is 0.356 e. The minimum absolute atomic E-state index is 0.0390. The number of alkyl halides is 1. The number of rotatable bonds is 2. The highest BCUT2D eigenvalue weighted by Gasteiger charge is 2.27. The van der Waals surface area contributed by atoms with Crippen LogP contribution in [0.4, 0.5) is 0 Å². The van der Waals surface area contributed by atoms with Gasteiger partial charge in [0.15, 0.2) is 0 Å². The fraction of sp³-hybridized carbons (Fsp3) is 0.312. The topological polar surface area (TPSA) is 29.1 Å². The number of carbonyl (C=O) groups is 1. The van der Waals surface area contributed by atoms with Gasteiger partial charge in [0, 0.05) is 24.2 Å². The molecule has 1 amide bonds. The first kappa shape index (κ1) is 12.7. The summed E-state index contributed by atoms with van der Waals surface area (Å²) in [5, 5.41) is 5.59. The monoisotopic (exact) mass is 317 g/mol. The number of amides is 1. The SMILES string of the molecule is CC(=O)NCC1CC(Br)c2cccc3cccc1c23. The Kier molecular flexibility index (Phi) is 3.31. The second-order valence-electron chi connectivity index (χ2n) is 5.13. The fourth-order valence-corrected chi connectivity index (χ4v) is 3.80. The van der Waals surface area contributed by atoms with Gasteiger partial charge in [-0.25, -0.2) is 0 Å². The fourth-order valence-electron chi connectivity index (χ4n) is 2.96. The number of hydrogen-bond acceptors (Lipinski definition) is 1. The number of benzene rings is 2. The van der Waals surface area contributed by atoms with Crippen LogP contribution in [-0.4, -0.2) is 12.5 Å². The van der Waals surface area contributed by atoms with Gasteiger partial charge in [-0.3, -0.25) is 4.79 Å². The van der Waals surface area contributed by atoms with Crippen molar-refractivity contribution in [1.82, 2.24) is 5.32 Å². The van der Waals surface area contributed by atoms with Crippen molar-refractivity contribution in [2.45, 2.75) is 24.1 Å². The molecule has 2 unspecified atom stereocenters. The highest BCUT2D eigenvalue weighted by atomic mass is 79.9. The van der Waals surface area contributed by atoms with E-state index in [1.165, 1.54) is 21.9 Å². The van der Waals surface area contributed by atoms with Gasteiger partial charge in [-0.2, -0.15) is 0 Å². The van der Waals surface area contributed by atoms with E-state index < -0.39 is 0 Å². The van der Waals surface area contributed by atoms with E-state index in [1.807, 2.05) is 0 Å². The van der Waals surface area contributed by atoms with Crippen LogP contribution in [0.25, 0.3) is 10.8 Å². The number of nitrogens with one attached hydrogen (secondary N) is 1. The Balaban J connectivity index is 2.09. The normalized spacial score (nSPS) is 21.4. The molecule has 2 aromatic rings. The third-order valence-electron chi connectivity index (χ3n) is 3.84. The van der Waals surface area contributed by atoms with Crippen molar-refractivity contribution in [2.24, 2.45) is 0 Å². The van der Waals surface area contributed by atoms with Crippen molar-refractivity contribution in [3.05, 3.63) is 47.5 Å². The quantitative estimate of drug-likeness (QED) is 0.836. The first-order chi connectivity index (χ1) is 9.16. The molecule has 0 bridgehead atoms. The lowest BCUT2D eigenvalue weighted by Gasteiger charge is -2.29. The third kappa shape index (κ3) is 2.27. The predicted molar refractivity (Wildman–Crippen MR) is 81.7 cm³/mol. The summed E-state index contributed by atoms with van der Waals surface area (Å²) in [5.74, 6) is 0.420. The molecule has 0 heterocycles. The molecular formula is C16H16BrNO. The maximum Gasteiger partial charge on any atom is 0.216 e. The molecule has 0 fully saturated rings. The van der Waals surface area contributed by atoms with Gasteiger partial charge >= 0.3 is 0 Å². The molecule has 19 heavy (non-hydrogen) atoms. The van der Waals surface area contributed by atoms with E-state index in [9.17, 15) is 4.79 Å². The molecule has 0 spiro atoms. The van der Waals surface area contributed by atoms with Gasteiger partial charge in [0.1, 0.15) is 0 Å². The molecule has 1 aliphatic carbocycles. The highest BCUT2D eigenvalue weighted by molar-refractivity contribution is 9.09. The molecule has 0 radical (unpaired) electrons. The maximum absolute atomic E-state index is 11.1. The van der Waals surface area contributed by atoms with E-state index in [0.29, 0.717) is 17.3 Å². The molecule has 3 heteroatoms. The summed E-state index contributed by atoms with van der Waals surface area (Å²) in [6, 6.07) is 12.9. The van der Waals surface area contributed by atoms with Crippen LogP contribution in [0.15, 0.2) is 36.4 Å². The van der Waals surface area contributed by atoms with Crippen LogP contribution in [0.2, 0.25) is 0 Å². The van der Waals surface area contributed by atoms with E-state index in [4.69, 9.17) is 0 Å². The van der Waals surface area contributed by atoms with Crippen LogP contribution >= 0.6 is 15.9 Å². The van der Waals surface area contributed by atoms with Crippen molar-refractivity contribution >= 4 is 32.6 Å². The van der Waals surface area contributed by atoms with Gasteiger partial charge < -0.3 is 5.32 Å². The molecule has 2 atom stereocenters. The summed E-state index contributed by atoms with van der Waals surface area (Å²) in [6.45, 7) is 2.29. The lowest BCUT2D eigenvalue weighted by molar-refractivity contribution is -0.119. The molecule has 0 saturated heterocycles. The average Bonchev–Trinajstić information content (AvgIpc) is 2.41. The van der Waals surface area contributed by atoms with Gasteiger partial charge in [-0.1, -0.05) is 52.3 Å². The zero-order valence-electron chi connectivity index (χ0n) is 10.8. The molecule has 0 aliphatic heterocycles. The van der Waals surface area contributed by atoms with Gasteiger partial charge in [0.2, 0.25) is 5.91 Å². The van der Waals surface area contributed by atoms with Crippen LogP contribution in [0, 0.1) is 0 Å². The molecule has 0 saturated carbocycles. The highest BCUT2D eigenvalue weighted by Crippen LogP contribution is 2.45. The molecular weight excluding hydrogens is 302 g/mol. The smallest absolute Gasteiger partial charge is 0.216 e. The van der Waals surface area contributed by atoms with E-state index in [-0.39, 0.29) is 5.91 Å². The molecule has 98 valence electrons. The van der Waals surface area contributed by atoms with Crippen LogP contribution in [-0.2, 0) is 4.79 Å². The lowest BCUT2D eigenvalue weighted by Crippen LogP contribution is -2.28. The lowest BCUT2D eigenvalue weighted by atomic mass is 9.81. The Labute approximate surface area is 121 Å². The van der Waals surface area contributed by atoms with E-state index in [1.54, 1.807) is 6.92 Å². The van der Waals surface area contributed by atoms with Crippen LogP contribution in [0.5, 0.6) is 0 Å². The Bertz CT molecular complexity index is 632. The zero-order chi connectivity index (χ0) is 13.4. The Hall–Kier alpha value is -1.35. The summed E-state index contributed by atoms with van der Waals surface area (Å²) in [5.41, 5.74) is 2.73. The summed E-state index contributed by atoms with van der Waals surface area (Å²) in [4.78, 5) is 11.5. The molecule has 1 aliphatic rings. The summed E-state index contributed by atoms with van der Waals surface area (Å²) >= 11 is 3.79. The van der Waals surface area contributed by atoms with Gasteiger partial charge in [-0.15, -0.1) is 0 Å². The van der Waals surface area contributed by atoms with Crippen LogP contribution in [0.3, 0.4) is 0 Å². The van der Waals surface area contributed by atoms with Crippen LogP contribution in [0.1, 0.15) is 35.2 Å². The molecule has 2 aromatic carbocycles. The second-order valence-corrected chi connectivity index (χ2v) is 6.24.